The molecule has 128 valence electrons. The number of hydrogen-bond donors (Lipinski definition) is 0. The molecule has 0 aliphatic heterocycles. The van der Waals surface area contributed by atoms with Gasteiger partial charge >= 0.3 is 5.97 Å². The first-order chi connectivity index (χ1) is 12.2. The molecule has 5 nitrogen and oxygen atoms in total. The topological polar surface area (TPSA) is 57.7 Å². The predicted octanol–water partition coefficient (Wildman–Crippen LogP) is 3.92. The van der Waals surface area contributed by atoms with Gasteiger partial charge in [0.2, 0.25) is 0 Å². The van der Waals surface area contributed by atoms with Crippen LogP contribution in [0.3, 0.4) is 0 Å². The zero-order valence-electron chi connectivity index (χ0n) is 14.4. The minimum atomic E-state index is -0.422. The molecule has 5 heteroatoms. The van der Waals surface area contributed by atoms with Gasteiger partial charge < -0.3 is 14.2 Å². The van der Waals surface area contributed by atoms with Gasteiger partial charge in [-0.1, -0.05) is 30.3 Å². The first kappa shape index (κ1) is 16.8. The Morgan fingerprint density at radius 2 is 1.68 bits per heavy atom. The quantitative estimate of drug-likeness (QED) is 0.661. The Morgan fingerprint density at radius 3 is 2.40 bits per heavy atom. The Balaban J connectivity index is 2.03. The number of aromatic nitrogens is 1. The molecule has 3 rings (SSSR count). The van der Waals surface area contributed by atoms with Gasteiger partial charge in [0, 0.05) is 5.39 Å². The number of pyridine rings is 1. The monoisotopic (exact) mass is 337 g/mol. The van der Waals surface area contributed by atoms with E-state index in [2.05, 4.69) is 4.98 Å². The molecular weight excluding hydrogens is 318 g/mol. The van der Waals surface area contributed by atoms with Crippen molar-refractivity contribution in [3.05, 3.63) is 65.4 Å². The van der Waals surface area contributed by atoms with Crippen molar-refractivity contribution in [1.29, 1.82) is 0 Å². The lowest BCUT2D eigenvalue weighted by Gasteiger charge is -2.15. The maximum atomic E-state index is 12.3. The molecule has 0 aliphatic rings. The number of carbonyl (C=O) groups is 1. The molecule has 0 saturated carbocycles. The van der Waals surface area contributed by atoms with Crippen LogP contribution in [-0.4, -0.2) is 25.2 Å². The largest absolute Gasteiger partial charge is 0.493 e. The van der Waals surface area contributed by atoms with Crippen LogP contribution in [0.25, 0.3) is 10.9 Å². The van der Waals surface area contributed by atoms with Gasteiger partial charge in [-0.25, -0.2) is 9.78 Å². The number of nitrogens with zero attached hydrogens (tertiary/aromatic N) is 1. The second-order valence-electron chi connectivity index (χ2n) is 5.51. The van der Waals surface area contributed by atoms with Crippen molar-refractivity contribution in [3.63, 3.8) is 0 Å². The highest BCUT2D eigenvalue weighted by Gasteiger charge is 2.20. The summed E-state index contributed by atoms with van der Waals surface area (Å²) in [5.74, 6) is 0.794. The van der Waals surface area contributed by atoms with E-state index in [1.807, 2.05) is 55.5 Å². The molecule has 0 radical (unpaired) electrons. The van der Waals surface area contributed by atoms with Gasteiger partial charge in [-0.05, 0) is 30.7 Å². The van der Waals surface area contributed by atoms with Crippen molar-refractivity contribution in [2.45, 2.75) is 13.5 Å². The zero-order valence-corrected chi connectivity index (χ0v) is 14.4. The van der Waals surface area contributed by atoms with Crippen LogP contribution < -0.4 is 9.47 Å². The number of carbonyl (C=O) groups excluding carboxylic acids is 1. The summed E-state index contributed by atoms with van der Waals surface area (Å²) in [7, 11) is 2.95. The Hall–Kier alpha value is -3.08. The summed E-state index contributed by atoms with van der Waals surface area (Å²) in [4.78, 5) is 16.9. The van der Waals surface area contributed by atoms with Gasteiger partial charge in [0.1, 0.15) is 6.61 Å². The van der Waals surface area contributed by atoms with E-state index in [1.165, 1.54) is 7.11 Å². The number of aryl methyl sites for hydroxylation is 1. The summed E-state index contributed by atoms with van der Waals surface area (Å²) in [6.07, 6.45) is 0. The lowest BCUT2D eigenvalue weighted by molar-refractivity contribution is 0.0596. The van der Waals surface area contributed by atoms with Crippen molar-refractivity contribution in [3.8, 4) is 11.5 Å². The molecule has 2 aromatic carbocycles. The number of benzene rings is 2. The first-order valence-electron chi connectivity index (χ1n) is 7.88. The van der Waals surface area contributed by atoms with Crippen molar-refractivity contribution in [2.75, 3.05) is 14.2 Å². The van der Waals surface area contributed by atoms with E-state index in [1.54, 1.807) is 7.11 Å². The number of para-hydroxylation sites is 3. The van der Waals surface area contributed by atoms with Crippen LogP contribution in [0.4, 0.5) is 0 Å². The van der Waals surface area contributed by atoms with Crippen LogP contribution in [-0.2, 0) is 11.3 Å². The van der Waals surface area contributed by atoms with Crippen LogP contribution >= 0.6 is 0 Å². The highest BCUT2D eigenvalue weighted by Crippen LogP contribution is 2.28. The van der Waals surface area contributed by atoms with E-state index >= 15 is 0 Å². The highest BCUT2D eigenvalue weighted by molar-refractivity contribution is 5.98. The molecule has 0 spiro atoms. The first-order valence-corrected chi connectivity index (χ1v) is 7.88. The smallest absolute Gasteiger partial charge is 0.340 e. The third-order valence-electron chi connectivity index (χ3n) is 4.05. The fourth-order valence-electron chi connectivity index (χ4n) is 2.80. The van der Waals surface area contributed by atoms with Gasteiger partial charge in [-0.2, -0.15) is 0 Å². The minimum Gasteiger partial charge on any atom is -0.493 e. The highest BCUT2D eigenvalue weighted by atomic mass is 16.5. The lowest BCUT2D eigenvalue weighted by atomic mass is 10.0. The summed E-state index contributed by atoms with van der Waals surface area (Å²) in [5, 5.41) is 0.920. The van der Waals surface area contributed by atoms with Gasteiger partial charge in [-0.3, -0.25) is 0 Å². The van der Waals surface area contributed by atoms with Gasteiger partial charge in [0.05, 0.1) is 31.0 Å². The maximum Gasteiger partial charge on any atom is 0.340 e. The molecule has 1 aromatic heterocycles. The van der Waals surface area contributed by atoms with Crippen molar-refractivity contribution in [1.82, 2.24) is 4.98 Å². The molecule has 1 heterocycles. The molecule has 3 aromatic rings. The lowest BCUT2D eigenvalue weighted by Crippen LogP contribution is -2.13. The molecular formula is C20H19NO4. The molecule has 25 heavy (non-hydrogen) atoms. The van der Waals surface area contributed by atoms with E-state index < -0.39 is 5.97 Å². The molecule has 0 amide bonds. The zero-order chi connectivity index (χ0) is 17.8. The van der Waals surface area contributed by atoms with E-state index in [0.29, 0.717) is 22.8 Å². The maximum absolute atomic E-state index is 12.3. The molecule has 0 bridgehead atoms. The standard InChI is InChI=1S/C20H19NO4/c1-13-14-8-4-5-9-15(14)21-16(19(13)20(22)24-3)12-25-18-11-7-6-10-17(18)23-2/h4-11H,12H2,1-3H3. The summed E-state index contributed by atoms with van der Waals surface area (Å²) in [6, 6.07) is 15.0. The summed E-state index contributed by atoms with van der Waals surface area (Å²) in [6.45, 7) is 2.03. The Labute approximate surface area is 146 Å². The molecule has 0 fully saturated rings. The Morgan fingerprint density at radius 1 is 1.00 bits per heavy atom. The number of fused-ring (bicyclic) bond motifs is 1. The van der Waals surface area contributed by atoms with Gasteiger partial charge in [0.25, 0.3) is 0 Å². The van der Waals surface area contributed by atoms with Crippen molar-refractivity contribution in [2.24, 2.45) is 0 Å². The number of methoxy groups -OCH3 is 2. The van der Waals surface area contributed by atoms with Gasteiger partial charge in [-0.15, -0.1) is 0 Å². The molecule has 0 unspecified atom stereocenters. The van der Waals surface area contributed by atoms with Crippen molar-refractivity contribution < 1.29 is 19.0 Å². The molecule has 0 aliphatic carbocycles. The average molecular weight is 337 g/mol. The second-order valence-corrected chi connectivity index (χ2v) is 5.51. The normalized spacial score (nSPS) is 10.5. The second kappa shape index (κ2) is 7.21. The number of ether oxygens (including phenoxy) is 3. The van der Waals surface area contributed by atoms with E-state index in [-0.39, 0.29) is 6.61 Å². The number of esters is 1. The minimum absolute atomic E-state index is 0.135. The summed E-state index contributed by atoms with van der Waals surface area (Å²) < 4.78 is 16.1. The van der Waals surface area contributed by atoms with Crippen LogP contribution in [0.5, 0.6) is 11.5 Å². The molecule has 0 saturated heterocycles. The predicted molar refractivity (Wildman–Crippen MR) is 95.1 cm³/mol. The molecule has 0 atom stereocenters. The third-order valence-corrected chi connectivity index (χ3v) is 4.05. The Bertz CT molecular complexity index is 921. The third kappa shape index (κ3) is 3.26. The molecule has 0 N–H and O–H groups in total. The van der Waals surface area contributed by atoms with E-state index in [9.17, 15) is 4.79 Å². The van der Waals surface area contributed by atoms with E-state index in [0.717, 1.165) is 16.5 Å². The van der Waals surface area contributed by atoms with Crippen LogP contribution in [0.1, 0.15) is 21.6 Å². The fourth-order valence-corrected chi connectivity index (χ4v) is 2.80. The average Bonchev–Trinajstić information content (AvgIpc) is 2.66. The fraction of sp³-hybridized carbons (Fsp3) is 0.200. The summed E-state index contributed by atoms with van der Waals surface area (Å²) in [5.41, 5.74) is 2.62. The van der Waals surface area contributed by atoms with Crippen LogP contribution in [0, 0.1) is 6.92 Å². The van der Waals surface area contributed by atoms with Gasteiger partial charge in [0.15, 0.2) is 11.5 Å². The number of hydrogen-bond acceptors (Lipinski definition) is 5. The SMILES string of the molecule is COC(=O)c1c(COc2ccccc2OC)nc2ccccc2c1C. The van der Waals surface area contributed by atoms with Crippen molar-refractivity contribution >= 4 is 16.9 Å². The number of rotatable bonds is 5. The van der Waals surface area contributed by atoms with Crippen LogP contribution in [0.15, 0.2) is 48.5 Å². The summed E-state index contributed by atoms with van der Waals surface area (Å²) >= 11 is 0. The van der Waals surface area contributed by atoms with E-state index in [4.69, 9.17) is 14.2 Å². The van der Waals surface area contributed by atoms with Crippen LogP contribution in [0.2, 0.25) is 0 Å². The Kier molecular flexibility index (Phi) is 4.84.